The van der Waals surface area contributed by atoms with Crippen molar-refractivity contribution in [2.75, 3.05) is 19.6 Å². The number of carbonyl (C=O) groups excluding carboxylic acids is 3. The predicted octanol–water partition coefficient (Wildman–Crippen LogP) is 2.99. The van der Waals surface area contributed by atoms with Crippen LogP contribution in [-0.4, -0.2) is 66.6 Å². The lowest BCUT2D eigenvalue weighted by molar-refractivity contribution is -0.153. The Labute approximate surface area is 218 Å². The fraction of sp³-hybridized carbons (Fsp3) is 0.846. The van der Waals surface area contributed by atoms with E-state index in [-0.39, 0.29) is 29.8 Å². The third-order valence-corrected chi connectivity index (χ3v) is 7.72. The van der Waals surface area contributed by atoms with E-state index in [1.54, 1.807) is 4.90 Å². The van der Waals surface area contributed by atoms with Gasteiger partial charge in [-0.15, -0.1) is 0 Å². The topological polar surface area (TPSA) is 114 Å². The number of rotatable bonds is 7. The lowest BCUT2D eigenvalue weighted by Crippen LogP contribution is -2.46. The van der Waals surface area contributed by atoms with Gasteiger partial charge in [0, 0.05) is 24.5 Å². The zero-order chi connectivity index (χ0) is 28.2. The van der Waals surface area contributed by atoms with Gasteiger partial charge in [-0.25, -0.2) is 0 Å². The Balaban J connectivity index is 0.000000230. The van der Waals surface area contributed by atoms with E-state index in [1.165, 1.54) is 0 Å². The second-order valence-corrected chi connectivity index (χ2v) is 12.1. The number of carbonyl (C=O) groups is 3. The highest BCUT2D eigenvalue weighted by atomic mass is 19.4. The van der Waals surface area contributed by atoms with Gasteiger partial charge in [-0.2, -0.15) is 18.4 Å². The standard InChI is InChI=1S/C12H19F3N2O.C10H13N3O2.C4H10/c1-7(12(13,14)15)16-4-10(18)17-5-8-9(6-17)11(8,2)3;11-5-8(12-6-14)3-7-4-10(1-2-10)13-9(7)15;1-4(2)3/h7-9,16H,4-6H2,1-3H3;6-8H,1-4H2,(H,12,14)(H,13,15);4H,1-3H3. The smallest absolute Gasteiger partial charge is 0.350 e. The van der Waals surface area contributed by atoms with Gasteiger partial charge in [-0.3, -0.25) is 19.7 Å². The molecule has 5 atom stereocenters. The number of hydrogen-bond acceptors (Lipinski definition) is 5. The van der Waals surface area contributed by atoms with E-state index in [1.807, 2.05) is 6.07 Å². The normalized spacial score (nSPS) is 27.4. The van der Waals surface area contributed by atoms with E-state index >= 15 is 0 Å². The van der Waals surface area contributed by atoms with Gasteiger partial charge in [-0.05, 0) is 55.8 Å². The molecule has 3 N–H and O–H groups in total. The molecule has 0 bridgehead atoms. The molecule has 5 unspecified atom stereocenters. The maximum atomic E-state index is 12.3. The molecule has 2 aliphatic heterocycles. The average molecular weight is 530 g/mol. The molecule has 8 nitrogen and oxygen atoms in total. The van der Waals surface area contributed by atoms with Crippen LogP contribution in [0.15, 0.2) is 0 Å². The van der Waals surface area contributed by atoms with Crippen molar-refractivity contribution in [3.05, 3.63) is 0 Å². The highest BCUT2D eigenvalue weighted by molar-refractivity contribution is 5.83. The number of nitrogens with zero attached hydrogens (tertiary/aromatic N) is 2. The number of nitriles is 1. The summed E-state index contributed by atoms with van der Waals surface area (Å²) in [6.45, 7) is 13.0. The van der Waals surface area contributed by atoms with Gasteiger partial charge in [0.1, 0.15) is 12.1 Å². The SMILES string of the molecule is CC(C)C.CC(NCC(=O)N1CC2C(C1)C2(C)C)C(F)(F)F.N#CC(CC1CC2(CC2)NC1=O)NC=O. The monoisotopic (exact) mass is 529 g/mol. The van der Waals surface area contributed by atoms with Crippen molar-refractivity contribution in [3.8, 4) is 6.07 Å². The minimum Gasteiger partial charge on any atom is -0.350 e. The summed E-state index contributed by atoms with van der Waals surface area (Å²) in [5.41, 5.74) is 0.354. The summed E-state index contributed by atoms with van der Waals surface area (Å²) in [5.74, 6) is 1.57. The quantitative estimate of drug-likeness (QED) is 0.439. The van der Waals surface area contributed by atoms with Crippen molar-refractivity contribution in [1.29, 1.82) is 5.26 Å². The fourth-order valence-electron chi connectivity index (χ4n) is 4.98. The van der Waals surface area contributed by atoms with Crippen molar-refractivity contribution < 1.29 is 27.6 Å². The summed E-state index contributed by atoms with van der Waals surface area (Å²) in [7, 11) is 0. The van der Waals surface area contributed by atoms with Crippen LogP contribution >= 0.6 is 0 Å². The van der Waals surface area contributed by atoms with Gasteiger partial charge in [0.05, 0.1) is 12.6 Å². The number of piperidine rings is 1. The van der Waals surface area contributed by atoms with Gasteiger partial charge in [0.2, 0.25) is 18.2 Å². The first kappa shape index (κ1) is 30.9. The van der Waals surface area contributed by atoms with Gasteiger partial charge in [0.25, 0.3) is 0 Å². The Morgan fingerprint density at radius 2 is 1.76 bits per heavy atom. The van der Waals surface area contributed by atoms with Gasteiger partial charge < -0.3 is 15.5 Å². The average Bonchev–Trinajstić information content (AvgIpc) is 3.47. The Hall–Kier alpha value is -2.35. The molecule has 11 heteroatoms. The van der Waals surface area contributed by atoms with Crippen LogP contribution in [0.3, 0.4) is 0 Å². The van der Waals surface area contributed by atoms with Crippen molar-refractivity contribution >= 4 is 18.2 Å². The van der Waals surface area contributed by atoms with Crippen LogP contribution in [-0.2, 0) is 14.4 Å². The summed E-state index contributed by atoms with van der Waals surface area (Å²) in [6, 6.07) is -0.217. The molecule has 4 aliphatic rings. The van der Waals surface area contributed by atoms with Gasteiger partial charge in [0.15, 0.2) is 0 Å². The van der Waals surface area contributed by atoms with Crippen molar-refractivity contribution in [2.45, 2.75) is 91.0 Å². The highest BCUT2D eigenvalue weighted by Crippen LogP contribution is 2.61. The second-order valence-electron chi connectivity index (χ2n) is 12.1. The predicted molar refractivity (Wildman–Crippen MR) is 133 cm³/mol. The summed E-state index contributed by atoms with van der Waals surface area (Å²) < 4.78 is 36.8. The molecule has 37 heavy (non-hydrogen) atoms. The third-order valence-electron chi connectivity index (χ3n) is 7.72. The van der Waals surface area contributed by atoms with Crippen molar-refractivity contribution in [1.82, 2.24) is 20.9 Å². The summed E-state index contributed by atoms with van der Waals surface area (Å²) >= 11 is 0. The summed E-state index contributed by atoms with van der Waals surface area (Å²) in [5, 5.41) is 16.3. The van der Waals surface area contributed by atoms with Crippen molar-refractivity contribution in [3.63, 3.8) is 0 Å². The first-order chi connectivity index (χ1) is 17.1. The van der Waals surface area contributed by atoms with E-state index in [0.717, 1.165) is 32.1 Å². The fourth-order valence-corrected chi connectivity index (χ4v) is 4.98. The number of amides is 3. The van der Waals surface area contributed by atoms with Crippen molar-refractivity contribution in [2.24, 2.45) is 29.1 Å². The molecule has 2 saturated heterocycles. The summed E-state index contributed by atoms with van der Waals surface area (Å²) in [6.07, 6.45) is -0.461. The number of hydrogen-bond donors (Lipinski definition) is 3. The first-order valence-corrected chi connectivity index (χ1v) is 13.1. The number of alkyl halides is 3. The molecular weight excluding hydrogens is 487 g/mol. The Kier molecular flexibility index (Phi) is 10.0. The van der Waals surface area contributed by atoms with Crippen LogP contribution in [0.1, 0.15) is 67.2 Å². The molecule has 2 heterocycles. The second kappa shape index (κ2) is 12.0. The Morgan fingerprint density at radius 3 is 2.16 bits per heavy atom. The number of halogens is 3. The van der Waals surface area contributed by atoms with Crippen LogP contribution in [0.5, 0.6) is 0 Å². The molecule has 0 aromatic rings. The molecule has 210 valence electrons. The number of likely N-dealkylation sites (tertiary alicyclic amines) is 1. The Morgan fingerprint density at radius 1 is 1.22 bits per heavy atom. The number of nitrogens with one attached hydrogen (secondary N) is 3. The van der Waals surface area contributed by atoms with Crippen LogP contribution in [0, 0.1) is 40.4 Å². The number of fused-ring (bicyclic) bond motifs is 1. The minimum atomic E-state index is -4.30. The van der Waals surface area contributed by atoms with Gasteiger partial charge >= 0.3 is 6.18 Å². The highest BCUT2D eigenvalue weighted by Gasteiger charge is 2.62. The van der Waals surface area contributed by atoms with E-state index < -0.39 is 18.3 Å². The van der Waals surface area contributed by atoms with Crippen LogP contribution in [0.2, 0.25) is 0 Å². The largest absolute Gasteiger partial charge is 0.403 e. The molecule has 0 radical (unpaired) electrons. The van der Waals surface area contributed by atoms with Crippen LogP contribution < -0.4 is 16.0 Å². The maximum absolute atomic E-state index is 12.3. The molecule has 0 aromatic carbocycles. The first-order valence-electron chi connectivity index (χ1n) is 13.1. The lowest BCUT2D eigenvalue weighted by atomic mass is 9.96. The van der Waals surface area contributed by atoms with E-state index in [9.17, 15) is 27.6 Å². The molecule has 3 amide bonds. The third kappa shape index (κ3) is 8.59. The minimum absolute atomic E-state index is 0.0282. The molecule has 2 aliphatic carbocycles. The molecule has 1 spiro atoms. The molecule has 4 rings (SSSR count). The maximum Gasteiger partial charge on any atom is 0.403 e. The zero-order valence-corrected chi connectivity index (χ0v) is 22.7. The van der Waals surface area contributed by atoms with E-state index in [2.05, 4.69) is 50.6 Å². The lowest BCUT2D eigenvalue weighted by Gasteiger charge is -2.24. The van der Waals surface area contributed by atoms with E-state index in [4.69, 9.17) is 5.26 Å². The molecule has 2 saturated carbocycles. The van der Waals surface area contributed by atoms with E-state index in [0.29, 0.717) is 43.2 Å². The van der Waals surface area contributed by atoms with Crippen LogP contribution in [0.25, 0.3) is 0 Å². The Bertz CT molecular complexity index is 850. The molecular formula is C26H42F3N5O3. The van der Waals surface area contributed by atoms with Gasteiger partial charge in [-0.1, -0.05) is 34.6 Å². The molecule has 0 aromatic heterocycles. The van der Waals surface area contributed by atoms with Crippen LogP contribution in [0.4, 0.5) is 13.2 Å². The summed E-state index contributed by atoms with van der Waals surface area (Å²) in [4.78, 5) is 35.2. The molecule has 4 fully saturated rings. The zero-order valence-electron chi connectivity index (χ0n) is 22.7.